The summed E-state index contributed by atoms with van der Waals surface area (Å²) in [4.78, 5) is 14.7. The Hall–Kier alpha value is -3.95. The zero-order valence-electron chi connectivity index (χ0n) is 27.2. The van der Waals surface area contributed by atoms with Crippen molar-refractivity contribution in [3.05, 3.63) is 150 Å². The average Bonchev–Trinajstić information content (AvgIpc) is 3.60. The van der Waals surface area contributed by atoms with Gasteiger partial charge in [0.25, 0.3) is 5.91 Å². The Morgan fingerprint density at radius 2 is 1.21 bits per heavy atom. The Kier molecular flexibility index (Phi) is 9.69. The molecule has 6 nitrogen and oxygen atoms in total. The number of nitrogens with one attached hydrogen (secondary N) is 1. The first-order valence-electron chi connectivity index (χ1n) is 16.8. The second kappa shape index (κ2) is 14.3. The van der Waals surface area contributed by atoms with Crippen molar-refractivity contribution in [2.24, 2.45) is 0 Å². The number of carbonyl (C=O) groups excluding carboxylic acids is 1. The maximum Gasteiger partial charge on any atom is 0.255 e. The minimum Gasteiger partial charge on any atom is -0.277 e. The molecule has 248 valence electrons. The van der Waals surface area contributed by atoms with Gasteiger partial charge in [-0.3, -0.25) is 9.80 Å². The van der Waals surface area contributed by atoms with Crippen LogP contribution in [0.2, 0.25) is 0 Å². The summed E-state index contributed by atoms with van der Waals surface area (Å²) in [5, 5.41) is 3.53. The maximum absolute atomic E-state index is 14.8. The third kappa shape index (κ3) is 6.94. The summed E-state index contributed by atoms with van der Waals surface area (Å²) in [6.07, 6.45) is 2.39. The summed E-state index contributed by atoms with van der Waals surface area (Å²) >= 11 is 0. The molecule has 0 aromatic heterocycles. The van der Waals surface area contributed by atoms with Crippen molar-refractivity contribution in [3.63, 3.8) is 0 Å². The SMILES string of the molecule is O=C([C@@H]1C[C@@H](S(Cc2ccccc2)(Cc2ccccc2)Cc2ccccc2)CN1S(=O)(=O)c1ccc2ccccc2c1)N1CCCCN1. The van der Waals surface area contributed by atoms with Gasteiger partial charge in [-0.1, -0.05) is 121 Å². The predicted octanol–water partition coefficient (Wildman–Crippen LogP) is 7.50. The van der Waals surface area contributed by atoms with Crippen molar-refractivity contribution >= 4 is 36.7 Å². The molecule has 7 rings (SSSR count). The molecule has 0 unspecified atom stereocenters. The van der Waals surface area contributed by atoms with Crippen molar-refractivity contribution < 1.29 is 13.2 Å². The minimum absolute atomic E-state index is 0.00732. The van der Waals surface area contributed by atoms with Gasteiger partial charge < -0.3 is 0 Å². The lowest BCUT2D eigenvalue weighted by Crippen LogP contribution is -2.54. The maximum atomic E-state index is 14.8. The molecule has 2 fully saturated rings. The Balaban J connectivity index is 1.34. The van der Waals surface area contributed by atoms with E-state index >= 15 is 0 Å². The molecule has 1 N–H and O–H groups in total. The quantitative estimate of drug-likeness (QED) is 0.166. The molecular formula is C40H43N3O3S2. The smallest absolute Gasteiger partial charge is 0.255 e. The molecule has 0 aliphatic carbocycles. The minimum atomic E-state index is -4.00. The van der Waals surface area contributed by atoms with Gasteiger partial charge in [-0.25, -0.2) is 23.9 Å². The van der Waals surface area contributed by atoms with Gasteiger partial charge in [0, 0.05) is 42.1 Å². The van der Waals surface area contributed by atoms with E-state index in [2.05, 4.69) is 78.2 Å². The van der Waals surface area contributed by atoms with Crippen LogP contribution in [0, 0.1) is 0 Å². The highest BCUT2D eigenvalue weighted by atomic mass is 32.3. The summed E-state index contributed by atoms with van der Waals surface area (Å²) in [5.74, 6) is 2.38. The molecule has 2 aliphatic rings. The predicted molar refractivity (Wildman–Crippen MR) is 197 cm³/mol. The van der Waals surface area contributed by atoms with E-state index in [1.165, 1.54) is 16.7 Å². The highest BCUT2D eigenvalue weighted by molar-refractivity contribution is 8.32. The van der Waals surface area contributed by atoms with E-state index in [1.54, 1.807) is 21.4 Å². The fraction of sp³-hybridized carbons (Fsp3) is 0.275. The summed E-state index contributed by atoms with van der Waals surface area (Å²) < 4.78 is 31.1. The van der Waals surface area contributed by atoms with Crippen LogP contribution in [-0.4, -0.2) is 54.6 Å². The average molecular weight is 678 g/mol. The van der Waals surface area contributed by atoms with Crippen molar-refractivity contribution in [2.75, 3.05) is 19.6 Å². The molecular weight excluding hydrogens is 635 g/mol. The molecule has 2 atom stereocenters. The zero-order valence-corrected chi connectivity index (χ0v) is 28.8. The summed E-state index contributed by atoms with van der Waals surface area (Å²) in [6.45, 7) is 1.60. The van der Waals surface area contributed by atoms with Gasteiger partial charge >= 0.3 is 0 Å². The number of nitrogens with zero attached hydrogens (tertiary/aromatic N) is 2. The van der Waals surface area contributed by atoms with Gasteiger partial charge in [-0.2, -0.15) is 4.31 Å². The number of amides is 1. The number of sulfonamides is 1. The number of hydrazine groups is 1. The van der Waals surface area contributed by atoms with Crippen LogP contribution in [-0.2, 0) is 32.1 Å². The summed E-state index contributed by atoms with van der Waals surface area (Å²) in [6, 6.07) is 44.2. The normalized spacial score (nSPS) is 19.4. The monoisotopic (exact) mass is 677 g/mol. The third-order valence-corrected chi connectivity index (χ3v) is 16.2. The highest BCUT2D eigenvalue weighted by Gasteiger charge is 2.50. The summed E-state index contributed by atoms with van der Waals surface area (Å²) in [5.41, 5.74) is 7.01. The van der Waals surface area contributed by atoms with Crippen LogP contribution in [0.3, 0.4) is 0 Å². The van der Waals surface area contributed by atoms with Crippen LogP contribution in [0.25, 0.3) is 10.8 Å². The van der Waals surface area contributed by atoms with E-state index in [0.717, 1.165) is 40.9 Å². The van der Waals surface area contributed by atoms with E-state index in [1.807, 2.05) is 48.5 Å². The fourth-order valence-corrected chi connectivity index (χ4v) is 13.8. The lowest BCUT2D eigenvalue weighted by Gasteiger charge is -2.46. The van der Waals surface area contributed by atoms with Crippen LogP contribution in [0.1, 0.15) is 36.0 Å². The fourth-order valence-electron chi connectivity index (χ4n) is 7.37. The Bertz CT molecular complexity index is 1850. The topological polar surface area (TPSA) is 69.7 Å². The molecule has 0 saturated carbocycles. The molecule has 2 saturated heterocycles. The van der Waals surface area contributed by atoms with Gasteiger partial charge in [0.1, 0.15) is 6.04 Å². The Labute approximate surface area is 286 Å². The summed E-state index contributed by atoms with van der Waals surface area (Å²) in [7, 11) is -5.64. The van der Waals surface area contributed by atoms with E-state index in [0.29, 0.717) is 26.1 Å². The van der Waals surface area contributed by atoms with E-state index in [-0.39, 0.29) is 16.1 Å². The standard InChI is InChI=1S/C40H43N3O3S2/c44-40(42-25-13-12-24-41-42)39-27-38(28-43(39)48(45,46)37-23-22-35-20-10-11-21-36(35)26-37)47(29-32-14-4-1-5-15-32,30-33-16-6-2-7-17-33)31-34-18-8-3-9-19-34/h1-11,14-23,26,38-39,41H,12-13,24-25,27-31H2/t38-,39+/m1/s1. The van der Waals surface area contributed by atoms with Gasteiger partial charge in [-0.15, -0.1) is 0 Å². The highest BCUT2D eigenvalue weighted by Crippen LogP contribution is 2.63. The molecule has 2 aliphatic heterocycles. The van der Waals surface area contributed by atoms with Crippen LogP contribution < -0.4 is 5.43 Å². The molecule has 8 heteroatoms. The van der Waals surface area contributed by atoms with E-state index in [4.69, 9.17) is 0 Å². The first-order chi connectivity index (χ1) is 23.4. The first kappa shape index (κ1) is 32.6. The number of hydrogen-bond donors (Lipinski definition) is 1. The molecule has 2 heterocycles. The third-order valence-electron chi connectivity index (χ3n) is 9.81. The number of carbonyl (C=O) groups is 1. The van der Waals surface area contributed by atoms with Crippen LogP contribution in [0.5, 0.6) is 0 Å². The zero-order chi connectivity index (χ0) is 33.0. The first-order valence-corrected chi connectivity index (χ1v) is 20.5. The molecule has 5 aromatic carbocycles. The van der Waals surface area contributed by atoms with Gasteiger partial charge in [0.15, 0.2) is 0 Å². The van der Waals surface area contributed by atoms with Crippen molar-refractivity contribution in [1.29, 1.82) is 0 Å². The Morgan fingerprint density at radius 3 is 1.75 bits per heavy atom. The molecule has 5 aromatic rings. The van der Waals surface area contributed by atoms with Crippen molar-refractivity contribution in [3.8, 4) is 0 Å². The molecule has 48 heavy (non-hydrogen) atoms. The number of benzene rings is 5. The molecule has 0 radical (unpaired) electrons. The van der Waals surface area contributed by atoms with Gasteiger partial charge in [0.2, 0.25) is 10.0 Å². The van der Waals surface area contributed by atoms with Gasteiger partial charge in [0.05, 0.1) is 4.90 Å². The second-order valence-electron chi connectivity index (χ2n) is 13.1. The van der Waals surface area contributed by atoms with E-state index in [9.17, 15) is 13.2 Å². The molecule has 0 spiro atoms. The number of fused-ring (bicyclic) bond motifs is 1. The van der Waals surface area contributed by atoms with Crippen LogP contribution >= 0.6 is 10.0 Å². The number of hydrogen-bond acceptors (Lipinski definition) is 4. The largest absolute Gasteiger partial charge is 0.277 e. The molecule has 0 bridgehead atoms. The van der Waals surface area contributed by atoms with E-state index < -0.39 is 26.1 Å². The van der Waals surface area contributed by atoms with Gasteiger partial charge in [-0.05, 0) is 58.9 Å². The van der Waals surface area contributed by atoms with Crippen molar-refractivity contribution in [1.82, 2.24) is 14.7 Å². The van der Waals surface area contributed by atoms with Crippen molar-refractivity contribution in [2.45, 2.75) is 52.7 Å². The molecule has 1 amide bonds. The van der Waals surface area contributed by atoms with Crippen LogP contribution in [0.4, 0.5) is 0 Å². The Morgan fingerprint density at radius 1 is 0.667 bits per heavy atom. The second-order valence-corrected chi connectivity index (χ2v) is 18.7. The van der Waals surface area contributed by atoms with Crippen LogP contribution in [0.15, 0.2) is 138 Å². The lowest BCUT2D eigenvalue weighted by molar-refractivity contribution is -0.139. The number of rotatable bonds is 10. The lowest BCUT2D eigenvalue weighted by atomic mass is 10.1.